The molecule has 0 spiro atoms. The molecule has 0 saturated carbocycles. The molecule has 0 saturated heterocycles. The van der Waals surface area contributed by atoms with E-state index in [2.05, 4.69) is 39.2 Å². The Hall–Kier alpha value is -2.20. The van der Waals surface area contributed by atoms with Gasteiger partial charge < -0.3 is 0 Å². The molecule has 0 aliphatic rings. The van der Waals surface area contributed by atoms with E-state index in [9.17, 15) is 0 Å². The van der Waals surface area contributed by atoms with Crippen molar-refractivity contribution in [1.29, 1.82) is 0 Å². The van der Waals surface area contributed by atoms with Crippen LogP contribution in [0.1, 0.15) is 0 Å². The molecule has 3 nitrogen and oxygen atoms in total. The lowest BCUT2D eigenvalue weighted by Crippen LogP contribution is -1.88. The Balaban J connectivity index is 1.80. The topological polar surface area (TPSA) is 38.7 Å². The molecule has 0 N–H and O–H groups in total. The third-order valence-electron chi connectivity index (χ3n) is 2.58. The van der Waals surface area contributed by atoms with Crippen molar-refractivity contribution >= 4 is 11.8 Å². The van der Waals surface area contributed by atoms with Crippen molar-refractivity contribution in [3.8, 4) is 11.4 Å². The summed E-state index contributed by atoms with van der Waals surface area (Å²) < 4.78 is 0. The van der Waals surface area contributed by atoms with E-state index < -0.39 is 0 Å². The average Bonchev–Trinajstić information content (AvgIpc) is 2.50. The van der Waals surface area contributed by atoms with Gasteiger partial charge in [0, 0.05) is 15.4 Å². The summed E-state index contributed by atoms with van der Waals surface area (Å²) in [7, 11) is 0. The molecule has 4 heteroatoms. The number of benzene rings is 2. The van der Waals surface area contributed by atoms with E-state index in [1.807, 2.05) is 30.3 Å². The molecule has 3 aromatic rings. The van der Waals surface area contributed by atoms with Gasteiger partial charge in [0.05, 0.1) is 0 Å². The highest BCUT2D eigenvalue weighted by Crippen LogP contribution is 2.28. The molecule has 1 heterocycles. The first kappa shape index (κ1) is 11.9. The van der Waals surface area contributed by atoms with E-state index in [0.717, 1.165) is 5.56 Å². The van der Waals surface area contributed by atoms with Crippen LogP contribution < -0.4 is 0 Å². The Kier molecular flexibility index (Phi) is 3.51. The van der Waals surface area contributed by atoms with Crippen molar-refractivity contribution in [1.82, 2.24) is 15.0 Å². The lowest BCUT2D eigenvalue weighted by atomic mass is 10.2. The molecule has 0 amide bonds. The lowest BCUT2D eigenvalue weighted by Gasteiger charge is -2.03. The fraction of sp³-hybridized carbons (Fsp3) is 0. The number of hydrogen-bond donors (Lipinski definition) is 0. The van der Waals surface area contributed by atoms with E-state index in [4.69, 9.17) is 0 Å². The number of nitrogens with zero attached hydrogens (tertiary/aromatic N) is 3. The van der Waals surface area contributed by atoms with Gasteiger partial charge in [-0.15, -0.1) is 0 Å². The Morgan fingerprint density at radius 1 is 0.684 bits per heavy atom. The first-order valence-corrected chi connectivity index (χ1v) is 6.69. The van der Waals surface area contributed by atoms with Gasteiger partial charge in [-0.1, -0.05) is 42.1 Å². The molecule has 0 aliphatic carbocycles. The molecular weight excluding hydrogens is 254 g/mol. The summed E-state index contributed by atoms with van der Waals surface area (Å²) in [5.41, 5.74) is 1.000. The standard InChI is InChI=1S/C15H11N3S/c1-2-4-13(5-3-1)19-14-8-6-12(7-9-14)15-17-10-16-11-18-15/h1-11H. The quantitative estimate of drug-likeness (QED) is 0.724. The van der Waals surface area contributed by atoms with Crippen LogP contribution in [0.4, 0.5) is 0 Å². The summed E-state index contributed by atoms with van der Waals surface area (Å²) in [5, 5.41) is 0. The van der Waals surface area contributed by atoms with Gasteiger partial charge in [0.25, 0.3) is 0 Å². The third kappa shape index (κ3) is 2.98. The Labute approximate surface area is 115 Å². The molecule has 3 rings (SSSR count). The maximum atomic E-state index is 4.13. The van der Waals surface area contributed by atoms with Crippen molar-refractivity contribution in [3.63, 3.8) is 0 Å². The zero-order valence-electron chi connectivity index (χ0n) is 10.1. The molecule has 0 aliphatic heterocycles. The smallest absolute Gasteiger partial charge is 0.162 e. The molecular formula is C15H11N3S. The van der Waals surface area contributed by atoms with Gasteiger partial charge in [-0.2, -0.15) is 0 Å². The second kappa shape index (κ2) is 5.63. The Morgan fingerprint density at radius 2 is 1.32 bits per heavy atom. The Bertz CT molecular complexity index is 639. The minimum atomic E-state index is 0.700. The minimum absolute atomic E-state index is 0.700. The summed E-state index contributed by atoms with van der Waals surface area (Å²) in [5.74, 6) is 0.700. The molecule has 0 bridgehead atoms. The van der Waals surface area contributed by atoms with Crippen LogP contribution in [-0.4, -0.2) is 15.0 Å². The first-order chi connectivity index (χ1) is 9.42. The molecule has 0 radical (unpaired) electrons. The van der Waals surface area contributed by atoms with Crippen LogP contribution in [0.5, 0.6) is 0 Å². The van der Waals surface area contributed by atoms with Crippen molar-refractivity contribution < 1.29 is 0 Å². The fourth-order valence-electron chi connectivity index (χ4n) is 1.68. The fourth-order valence-corrected chi connectivity index (χ4v) is 2.52. The van der Waals surface area contributed by atoms with Crippen LogP contribution in [0.15, 0.2) is 77.0 Å². The largest absolute Gasteiger partial charge is 0.225 e. The average molecular weight is 265 g/mol. The monoisotopic (exact) mass is 265 g/mol. The van der Waals surface area contributed by atoms with E-state index in [-0.39, 0.29) is 0 Å². The molecule has 0 fully saturated rings. The predicted molar refractivity (Wildman–Crippen MR) is 75.8 cm³/mol. The highest BCUT2D eigenvalue weighted by atomic mass is 32.2. The summed E-state index contributed by atoms with van der Waals surface area (Å²) in [6, 6.07) is 18.5. The Morgan fingerprint density at radius 3 is 2.00 bits per heavy atom. The number of hydrogen-bond acceptors (Lipinski definition) is 4. The second-order valence-corrected chi connectivity index (χ2v) is 5.05. The first-order valence-electron chi connectivity index (χ1n) is 5.87. The van der Waals surface area contributed by atoms with Crippen LogP contribution >= 0.6 is 11.8 Å². The molecule has 19 heavy (non-hydrogen) atoms. The number of rotatable bonds is 3. The zero-order valence-corrected chi connectivity index (χ0v) is 10.9. The van der Waals surface area contributed by atoms with Crippen LogP contribution in [0, 0.1) is 0 Å². The van der Waals surface area contributed by atoms with Gasteiger partial charge in [0.15, 0.2) is 5.82 Å². The van der Waals surface area contributed by atoms with Gasteiger partial charge in [-0.05, 0) is 24.3 Å². The zero-order chi connectivity index (χ0) is 12.9. The van der Waals surface area contributed by atoms with E-state index in [1.165, 1.54) is 22.4 Å². The summed E-state index contributed by atoms with van der Waals surface area (Å²) >= 11 is 1.74. The van der Waals surface area contributed by atoms with Crippen LogP contribution in [-0.2, 0) is 0 Å². The third-order valence-corrected chi connectivity index (χ3v) is 3.60. The molecule has 2 aromatic carbocycles. The highest BCUT2D eigenvalue weighted by molar-refractivity contribution is 7.99. The van der Waals surface area contributed by atoms with E-state index >= 15 is 0 Å². The minimum Gasteiger partial charge on any atom is -0.225 e. The predicted octanol–water partition coefficient (Wildman–Crippen LogP) is 3.69. The molecule has 1 aromatic heterocycles. The van der Waals surface area contributed by atoms with Crippen LogP contribution in [0.3, 0.4) is 0 Å². The summed E-state index contributed by atoms with van der Waals surface area (Å²) in [6.45, 7) is 0. The lowest BCUT2D eigenvalue weighted by molar-refractivity contribution is 1.05. The van der Waals surface area contributed by atoms with Gasteiger partial charge in [-0.25, -0.2) is 15.0 Å². The molecule has 0 atom stereocenters. The van der Waals surface area contributed by atoms with E-state index in [1.54, 1.807) is 11.8 Å². The van der Waals surface area contributed by atoms with Crippen molar-refractivity contribution in [2.75, 3.05) is 0 Å². The van der Waals surface area contributed by atoms with Crippen molar-refractivity contribution in [2.24, 2.45) is 0 Å². The van der Waals surface area contributed by atoms with Gasteiger partial charge in [0.1, 0.15) is 12.7 Å². The SMILES string of the molecule is c1ccc(Sc2ccc(-c3ncncn3)cc2)cc1. The number of aromatic nitrogens is 3. The summed E-state index contributed by atoms with van der Waals surface area (Å²) in [4.78, 5) is 14.5. The second-order valence-electron chi connectivity index (χ2n) is 3.90. The maximum absolute atomic E-state index is 4.13. The highest BCUT2D eigenvalue weighted by Gasteiger charge is 2.01. The van der Waals surface area contributed by atoms with Crippen LogP contribution in [0.2, 0.25) is 0 Å². The van der Waals surface area contributed by atoms with E-state index in [0.29, 0.717) is 5.82 Å². The van der Waals surface area contributed by atoms with Gasteiger partial charge >= 0.3 is 0 Å². The molecule has 92 valence electrons. The van der Waals surface area contributed by atoms with Crippen LogP contribution in [0.25, 0.3) is 11.4 Å². The summed E-state index contributed by atoms with van der Waals surface area (Å²) in [6.07, 6.45) is 3.02. The maximum Gasteiger partial charge on any atom is 0.162 e. The normalized spacial score (nSPS) is 10.3. The molecule has 0 unspecified atom stereocenters. The van der Waals surface area contributed by atoms with Crippen molar-refractivity contribution in [3.05, 3.63) is 67.3 Å². The van der Waals surface area contributed by atoms with Crippen molar-refractivity contribution in [2.45, 2.75) is 9.79 Å². The van der Waals surface area contributed by atoms with Gasteiger partial charge in [0.2, 0.25) is 0 Å². The van der Waals surface area contributed by atoms with Gasteiger partial charge in [-0.3, -0.25) is 0 Å².